The lowest BCUT2D eigenvalue weighted by molar-refractivity contribution is -0.0753. The minimum absolute atomic E-state index is 0.758. The molecular formula is C11H21NO. The van der Waals surface area contributed by atoms with Gasteiger partial charge in [0, 0.05) is 0 Å². The minimum Gasteiger partial charge on any atom is -0.378 e. The quantitative estimate of drug-likeness (QED) is 0.646. The van der Waals surface area contributed by atoms with E-state index in [4.69, 9.17) is 4.74 Å². The van der Waals surface area contributed by atoms with Gasteiger partial charge >= 0.3 is 0 Å². The summed E-state index contributed by atoms with van der Waals surface area (Å²) in [5.41, 5.74) is 0. The number of nitrogens with zero attached hydrogens (tertiary/aromatic N) is 1. The van der Waals surface area contributed by atoms with Gasteiger partial charge < -0.3 is 4.74 Å². The van der Waals surface area contributed by atoms with Crippen LogP contribution in [0.2, 0.25) is 0 Å². The molecule has 2 fully saturated rings. The van der Waals surface area contributed by atoms with E-state index >= 15 is 0 Å². The van der Waals surface area contributed by atoms with Gasteiger partial charge in [-0.15, -0.1) is 0 Å². The summed E-state index contributed by atoms with van der Waals surface area (Å²) in [5.74, 6) is 1.84. The fourth-order valence-electron chi connectivity index (χ4n) is 2.39. The van der Waals surface area contributed by atoms with Gasteiger partial charge in [0.1, 0.15) is 0 Å². The number of likely N-dealkylation sites (tertiary alicyclic amines) is 1. The molecular weight excluding hydrogens is 162 g/mol. The third-order valence-corrected chi connectivity index (χ3v) is 3.65. The highest BCUT2D eigenvalue weighted by atomic mass is 16.5. The molecule has 2 saturated heterocycles. The molecule has 2 nitrogen and oxygen atoms in total. The van der Waals surface area contributed by atoms with E-state index in [-0.39, 0.29) is 0 Å². The van der Waals surface area contributed by atoms with Crippen LogP contribution in [0.3, 0.4) is 0 Å². The molecule has 0 aromatic heterocycles. The Kier molecular flexibility index (Phi) is 2.89. The molecule has 76 valence electrons. The van der Waals surface area contributed by atoms with Crippen LogP contribution < -0.4 is 0 Å². The molecule has 2 aliphatic rings. The van der Waals surface area contributed by atoms with Crippen molar-refractivity contribution >= 4 is 0 Å². The molecule has 0 unspecified atom stereocenters. The Morgan fingerprint density at radius 2 is 1.77 bits per heavy atom. The molecule has 0 bridgehead atoms. The molecule has 0 atom stereocenters. The lowest BCUT2D eigenvalue weighted by Gasteiger charge is -2.42. The van der Waals surface area contributed by atoms with Gasteiger partial charge in [0.25, 0.3) is 0 Å². The first-order valence-electron chi connectivity index (χ1n) is 5.59. The molecule has 2 heterocycles. The maximum absolute atomic E-state index is 5.22. The molecule has 0 amide bonds. The normalized spacial score (nSPS) is 27.9. The van der Waals surface area contributed by atoms with Gasteiger partial charge in [0.2, 0.25) is 0 Å². The highest BCUT2D eigenvalue weighted by molar-refractivity contribution is 4.82. The standard InChI is InChI=1S/C11H21NO/c1-9(2)10-3-5-12(6-4-10)11-7-13-8-11/h9-11H,3-8H2,1-2H3. The van der Waals surface area contributed by atoms with E-state index in [0.29, 0.717) is 0 Å². The van der Waals surface area contributed by atoms with Crippen molar-refractivity contribution in [2.75, 3.05) is 26.3 Å². The zero-order valence-electron chi connectivity index (χ0n) is 8.83. The number of hydrogen-bond donors (Lipinski definition) is 0. The average molecular weight is 183 g/mol. The van der Waals surface area contributed by atoms with Crippen LogP contribution in [-0.2, 0) is 4.74 Å². The van der Waals surface area contributed by atoms with Crippen LogP contribution in [0, 0.1) is 11.8 Å². The van der Waals surface area contributed by atoms with Crippen molar-refractivity contribution in [2.45, 2.75) is 32.7 Å². The zero-order valence-corrected chi connectivity index (χ0v) is 8.83. The third-order valence-electron chi connectivity index (χ3n) is 3.65. The highest BCUT2D eigenvalue weighted by Gasteiger charge is 2.30. The Hall–Kier alpha value is -0.0800. The van der Waals surface area contributed by atoms with Crippen molar-refractivity contribution in [3.8, 4) is 0 Å². The Labute approximate surface area is 81.3 Å². The van der Waals surface area contributed by atoms with Crippen molar-refractivity contribution in [2.24, 2.45) is 11.8 Å². The van der Waals surface area contributed by atoms with E-state index < -0.39 is 0 Å². The third kappa shape index (κ3) is 2.05. The number of ether oxygens (including phenoxy) is 1. The van der Waals surface area contributed by atoms with Gasteiger partial charge in [-0.2, -0.15) is 0 Å². The molecule has 2 rings (SSSR count). The molecule has 0 spiro atoms. The van der Waals surface area contributed by atoms with Crippen molar-refractivity contribution in [1.82, 2.24) is 4.90 Å². The van der Waals surface area contributed by atoms with Crippen LogP contribution in [0.15, 0.2) is 0 Å². The van der Waals surface area contributed by atoms with Crippen molar-refractivity contribution in [3.05, 3.63) is 0 Å². The summed E-state index contributed by atoms with van der Waals surface area (Å²) in [6, 6.07) is 0.758. The summed E-state index contributed by atoms with van der Waals surface area (Å²) in [6.07, 6.45) is 2.79. The van der Waals surface area contributed by atoms with E-state index in [2.05, 4.69) is 18.7 Å². The molecule has 0 radical (unpaired) electrons. The Bertz CT molecular complexity index is 157. The topological polar surface area (TPSA) is 12.5 Å². The van der Waals surface area contributed by atoms with Gasteiger partial charge in [-0.05, 0) is 37.8 Å². The Balaban J connectivity index is 1.75. The molecule has 13 heavy (non-hydrogen) atoms. The molecule has 0 N–H and O–H groups in total. The number of rotatable bonds is 2. The second-order valence-corrected chi connectivity index (χ2v) is 4.81. The van der Waals surface area contributed by atoms with Gasteiger partial charge in [-0.25, -0.2) is 0 Å². The van der Waals surface area contributed by atoms with Crippen molar-refractivity contribution < 1.29 is 4.74 Å². The van der Waals surface area contributed by atoms with E-state index in [1.807, 2.05) is 0 Å². The fraction of sp³-hybridized carbons (Fsp3) is 1.00. The lowest BCUT2D eigenvalue weighted by Crippen LogP contribution is -2.52. The zero-order chi connectivity index (χ0) is 9.26. The number of piperidine rings is 1. The monoisotopic (exact) mass is 183 g/mol. The van der Waals surface area contributed by atoms with Gasteiger partial charge in [-0.3, -0.25) is 4.90 Å². The highest BCUT2D eigenvalue weighted by Crippen LogP contribution is 2.26. The van der Waals surface area contributed by atoms with Crippen LogP contribution in [0.5, 0.6) is 0 Å². The summed E-state index contributed by atoms with van der Waals surface area (Å²) in [4.78, 5) is 2.61. The van der Waals surface area contributed by atoms with E-state index in [0.717, 1.165) is 31.1 Å². The summed E-state index contributed by atoms with van der Waals surface area (Å²) in [6.45, 7) is 9.27. The maximum Gasteiger partial charge on any atom is 0.0645 e. The van der Waals surface area contributed by atoms with Gasteiger partial charge in [0.05, 0.1) is 19.3 Å². The molecule has 0 aliphatic carbocycles. The summed E-state index contributed by atoms with van der Waals surface area (Å²) < 4.78 is 5.22. The largest absolute Gasteiger partial charge is 0.378 e. The van der Waals surface area contributed by atoms with Crippen LogP contribution in [0.25, 0.3) is 0 Å². The number of hydrogen-bond acceptors (Lipinski definition) is 2. The van der Waals surface area contributed by atoms with Crippen molar-refractivity contribution in [3.63, 3.8) is 0 Å². The van der Waals surface area contributed by atoms with E-state index in [9.17, 15) is 0 Å². The van der Waals surface area contributed by atoms with Crippen molar-refractivity contribution in [1.29, 1.82) is 0 Å². The average Bonchev–Trinajstić information content (AvgIpc) is 2.02. The van der Waals surface area contributed by atoms with E-state index in [1.165, 1.54) is 25.9 Å². The molecule has 0 saturated carbocycles. The fourth-order valence-corrected chi connectivity index (χ4v) is 2.39. The van der Waals surface area contributed by atoms with Gasteiger partial charge in [0.15, 0.2) is 0 Å². The van der Waals surface area contributed by atoms with Crippen LogP contribution in [-0.4, -0.2) is 37.2 Å². The van der Waals surface area contributed by atoms with Crippen LogP contribution in [0.4, 0.5) is 0 Å². The lowest BCUT2D eigenvalue weighted by atomic mass is 9.86. The minimum atomic E-state index is 0.758. The predicted octanol–water partition coefficient (Wildman–Crippen LogP) is 1.75. The molecule has 2 heteroatoms. The molecule has 0 aromatic carbocycles. The summed E-state index contributed by atoms with van der Waals surface area (Å²) in [7, 11) is 0. The first-order chi connectivity index (χ1) is 6.27. The molecule has 2 aliphatic heterocycles. The van der Waals surface area contributed by atoms with E-state index in [1.54, 1.807) is 0 Å². The summed E-state index contributed by atoms with van der Waals surface area (Å²) >= 11 is 0. The van der Waals surface area contributed by atoms with Crippen LogP contribution in [0.1, 0.15) is 26.7 Å². The second kappa shape index (κ2) is 3.97. The maximum atomic E-state index is 5.22. The summed E-state index contributed by atoms with van der Waals surface area (Å²) in [5, 5.41) is 0. The molecule has 0 aromatic rings. The SMILES string of the molecule is CC(C)C1CCN(C2COC2)CC1. The van der Waals surface area contributed by atoms with Crippen LogP contribution >= 0.6 is 0 Å². The Morgan fingerprint density at radius 1 is 1.15 bits per heavy atom. The van der Waals surface area contributed by atoms with Gasteiger partial charge in [-0.1, -0.05) is 13.8 Å². The second-order valence-electron chi connectivity index (χ2n) is 4.81. The predicted molar refractivity (Wildman–Crippen MR) is 53.7 cm³/mol. The first kappa shape index (κ1) is 9.47. The Morgan fingerprint density at radius 3 is 2.15 bits per heavy atom. The smallest absolute Gasteiger partial charge is 0.0645 e. The first-order valence-corrected chi connectivity index (χ1v) is 5.59.